The van der Waals surface area contributed by atoms with Crippen LogP contribution in [0.15, 0.2) is 39.0 Å². The molecule has 0 amide bonds. The van der Waals surface area contributed by atoms with E-state index in [0.717, 1.165) is 28.4 Å². The summed E-state index contributed by atoms with van der Waals surface area (Å²) < 4.78 is 7.64. The van der Waals surface area contributed by atoms with E-state index in [1.807, 2.05) is 19.4 Å². The Balaban J connectivity index is 2.34. The van der Waals surface area contributed by atoms with Crippen molar-refractivity contribution in [3.8, 4) is 0 Å². The van der Waals surface area contributed by atoms with Crippen molar-refractivity contribution < 1.29 is 4.74 Å². The summed E-state index contributed by atoms with van der Waals surface area (Å²) in [7, 11) is 1.98. The molecule has 1 unspecified atom stereocenters. The zero-order valence-electron chi connectivity index (χ0n) is 9.67. The lowest BCUT2D eigenvalue weighted by atomic mass is 9.95. The summed E-state index contributed by atoms with van der Waals surface area (Å²) in [5.74, 6) is 0. The molecular weight excluding hydrogens is 346 g/mol. The van der Waals surface area contributed by atoms with Gasteiger partial charge in [-0.1, -0.05) is 31.9 Å². The minimum atomic E-state index is 0.210. The molecule has 17 heavy (non-hydrogen) atoms. The van der Waals surface area contributed by atoms with Gasteiger partial charge in [0.2, 0.25) is 0 Å². The van der Waals surface area contributed by atoms with Crippen LogP contribution in [0.3, 0.4) is 0 Å². The molecule has 1 aromatic carbocycles. The smallest absolute Gasteiger partial charge is 0.0876 e. The van der Waals surface area contributed by atoms with Crippen molar-refractivity contribution in [1.82, 2.24) is 5.32 Å². The quantitative estimate of drug-likeness (QED) is 0.873. The summed E-state index contributed by atoms with van der Waals surface area (Å²) in [5, 5.41) is 3.36. The fraction of sp³-hybridized carbons (Fsp3) is 0.385. The van der Waals surface area contributed by atoms with E-state index in [2.05, 4.69) is 49.3 Å². The van der Waals surface area contributed by atoms with Gasteiger partial charge in [0.15, 0.2) is 0 Å². The van der Waals surface area contributed by atoms with Gasteiger partial charge in [-0.25, -0.2) is 0 Å². The number of hydrogen-bond acceptors (Lipinski definition) is 2. The van der Waals surface area contributed by atoms with E-state index < -0.39 is 0 Å². The molecule has 1 aliphatic rings. The van der Waals surface area contributed by atoms with Crippen molar-refractivity contribution in [2.45, 2.75) is 18.9 Å². The van der Waals surface area contributed by atoms with Crippen LogP contribution < -0.4 is 5.32 Å². The van der Waals surface area contributed by atoms with Crippen LogP contribution in [-0.2, 0) is 4.74 Å². The molecule has 2 rings (SSSR count). The van der Waals surface area contributed by atoms with Crippen LogP contribution in [0.25, 0.3) is 0 Å². The molecule has 4 heteroatoms. The fourth-order valence-corrected chi connectivity index (χ4v) is 2.93. The Hall–Kier alpha value is -0.320. The Labute approximate surface area is 119 Å². The Bertz CT molecular complexity index is 431. The van der Waals surface area contributed by atoms with Crippen molar-refractivity contribution >= 4 is 31.9 Å². The predicted octanol–water partition coefficient (Wildman–Crippen LogP) is 4.17. The third-order valence-electron chi connectivity index (χ3n) is 2.89. The van der Waals surface area contributed by atoms with Crippen LogP contribution in [0, 0.1) is 0 Å². The topological polar surface area (TPSA) is 21.3 Å². The van der Waals surface area contributed by atoms with E-state index in [1.165, 1.54) is 11.1 Å². The lowest BCUT2D eigenvalue weighted by Crippen LogP contribution is -2.21. The number of likely N-dealkylation sites (N-methyl/N-ethyl adjacent to an activating group) is 1. The van der Waals surface area contributed by atoms with E-state index in [1.54, 1.807) is 0 Å². The SMILES string of the molecule is CNC(C1=COCCC1)c1cc(Br)ccc1Br. The van der Waals surface area contributed by atoms with Gasteiger partial charge in [0.25, 0.3) is 0 Å². The van der Waals surface area contributed by atoms with E-state index in [4.69, 9.17) is 4.74 Å². The molecule has 0 saturated heterocycles. The van der Waals surface area contributed by atoms with Gasteiger partial charge in [0.1, 0.15) is 0 Å². The van der Waals surface area contributed by atoms with Gasteiger partial charge in [0, 0.05) is 8.95 Å². The largest absolute Gasteiger partial charge is 0.501 e. The molecule has 0 radical (unpaired) electrons. The lowest BCUT2D eigenvalue weighted by molar-refractivity contribution is 0.220. The number of hydrogen-bond donors (Lipinski definition) is 1. The second kappa shape index (κ2) is 6.03. The Morgan fingerprint density at radius 2 is 2.18 bits per heavy atom. The first-order valence-electron chi connectivity index (χ1n) is 5.65. The molecule has 1 N–H and O–H groups in total. The summed E-state index contributed by atoms with van der Waals surface area (Å²) in [4.78, 5) is 0. The Morgan fingerprint density at radius 3 is 2.82 bits per heavy atom. The molecular formula is C13H15Br2NO. The number of rotatable bonds is 3. The molecule has 92 valence electrons. The second-order valence-corrected chi connectivity index (χ2v) is 5.82. The molecule has 1 heterocycles. The van der Waals surface area contributed by atoms with Crippen molar-refractivity contribution in [3.05, 3.63) is 44.5 Å². The molecule has 1 aromatic rings. The molecule has 0 saturated carbocycles. The lowest BCUT2D eigenvalue weighted by Gasteiger charge is -2.24. The molecule has 0 aliphatic carbocycles. The van der Waals surface area contributed by atoms with Crippen molar-refractivity contribution in [2.75, 3.05) is 13.7 Å². The molecule has 0 aromatic heterocycles. The van der Waals surface area contributed by atoms with Gasteiger partial charge >= 0.3 is 0 Å². The minimum Gasteiger partial charge on any atom is -0.501 e. The number of benzene rings is 1. The third kappa shape index (κ3) is 3.12. The molecule has 0 bridgehead atoms. The van der Waals surface area contributed by atoms with Crippen LogP contribution in [0.5, 0.6) is 0 Å². The first kappa shape index (κ1) is 13.1. The Kier molecular flexibility index (Phi) is 4.65. The average molecular weight is 361 g/mol. The van der Waals surface area contributed by atoms with Crippen LogP contribution in [0.2, 0.25) is 0 Å². The average Bonchev–Trinajstić information content (AvgIpc) is 2.36. The van der Waals surface area contributed by atoms with E-state index in [-0.39, 0.29) is 6.04 Å². The number of halogens is 2. The Morgan fingerprint density at radius 1 is 1.35 bits per heavy atom. The van der Waals surface area contributed by atoms with Gasteiger partial charge in [-0.15, -0.1) is 0 Å². The maximum absolute atomic E-state index is 5.43. The highest BCUT2D eigenvalue weighted by molar-refractivity contribution is 9.11. The molecule has 1 atom stereocenters. The summed E-state index contributed by atoms with van der Waals surface area (Å²) >= 11 is 7.13. The van der Waals surface area contributed by atoms with E-state index >= 15 is 0 Å². The van der Waals surface area contributed by atoms with Crippen molar-refractivity contribution in [3.63, 3.8) is 0 Å². The van der Waals surface area contributed by atoms with Crippen molar-refractivity contribution in [2.24, 2.45) is 0 Å². The summed E-state index contributed by atoms with van der Waals surface area (Å²) in [6.07, 6.45) is 4.08. The molecule has 0 fully saturated rings. The zero-order valence-corrected chi connectivity index (χ0v) is 12.8. The molecule has 2 nitrogen and oxygen atoms in total. The maximum atomic E-state index is 5.43. The van der Waals surface area contributed by atoms with Crippen LogP contribution in [0.4, 0.5) is 0 Å². The fourth-order valence-electron chi connectivity index (χ4n) is 2.07. The monoisotopic (exact) mass is 359 g/mol. The summed E-state index contributed by atoms with van der Waals surface area (Å²) in [6, 6.07) is 6.45. The van der Waals surface area contributed by atoms with Crippen LogP contribution in [-0.4, -0.2) is 13.7 Å². The third-order valence-corrected chi connectivity index (χ3v) is 4.11. The van der Waals surface area contributed by atoms with Gasteiger partial charge in [-0.05, 0) is 49.2 Å². The first-order valence-corrected chi connectivity index (χ1v) is 7.23. The number of ether oxygens (including phenoxy) is 1. The molecule has 0 spiro atoms. The highest BCUT2D eigenvalue weighted by Crippen LogP contribution is 2.33. The maximum Gasteiger partial charge on any atom is 0.0876 e. The van der Waals surface area contributed by atoms with Gasteiger partial charge in [-0.2, -0.15) is 0 Å². The normalized spacial score (nSPS) is 17.2. The van der Waals surface area contributed by atoms with Crippen molar-refractivity contribution in [1.29, 1.82) is 0 Å². The number of nitrogens with one attached hydrogen (secondary N) is 1. The highest BCUT2D eigenvalue weighted by Gasteiger charge is 2.19. The van der Waals surface area contributed by atoms with Gasteiger partial charge in [0.05, 0.1) is 18.9 Å². The summed E-state index contributed by atoms with van der Waals surface area (Å²) in [5.41, 5.74) is 2.54. The van der Waals surface area contributed by atoms with Gasteiger partial charge in [-0.3, -0.25) is 0 Å². The van der Waals surface area contributed by atoms with E-state index in [0.29, 0.717) is 0 Å². The van der Waals surface area contributed by atoms with Gasteiger partial charge < -0.3 is 10.1 Å². The minimum absolute atomic E-state index is 0.210. The standard InChI is InChI=1S/C13H15Br2NO/c1-16-13(9-3-2-6-17-8-9)11-7-10(14)4-5-12(11)15/h4-5,7-8,13,16H,2-3,6H2,1H3. The summed E-state index contributed by atoms with van der Waals surface area (Å²) in [6.45, 7) is 0.833. The predicted molar refractivity (Wildman–Crippen MR) is 76.9 cm³/mol. The second-order valence-electron chi connectivity index (χ2n) is 4.05. The van der Waals surface area contributed by atoms with Crippen LogP contribution in [0.1, 0.15) is 24.4 Å². The molecule has 1 aliphatic heterocycles. The zero-order chi connectivity index (χ0) is 12.3. The van der Waals surface area contributed by atoms with Crippen LogP contribution >= 0.6 is 31.9 Å². The van der Waals surface area contributed by atoms with E-state index in [9.17, 15) is 0 Å². The first-order chi connectivity index (χ1) is 8.22. The highest BCUT2D eigenvalue weighted by atomic mass is 79.9.